The summed E-state index contributed by atoms with van der Waals surface area (Å²) in [5, 5.41) is 2.78. The van der Waals surface area contributed by atoms with Crippen molar-refractivity contribution in [2.24, 2.45) is 0 Å². The highest BCUT2D eigenvalue weighted by atomic mass is 79.9. The molecule has 0 aromatic heterocycles. The van der Waals surface area contributed by atoms with E-state index in [4.69, 9.17) is 14.2 Å². The van der Waals surface area contributed by atoms with E-state index in [1.54, 1.807) is 19.1 Å². The van der Waals surface area contributed by atoms with Crippen LogP contribution in [0.5, 0.6) is 17.2 Å². The SMILES string of the molecule is CC(NC(=O)COc1ccc(C(F)(F)F)cc1)c1cc2c(cc1Br)OCCO2. The van der Waals surface area contributed by atoms with Gasteiger partial charge >= 0.3 is 6.18 Å². The Kier molecular flexibility index (Phi) is 6.02. The molecule has 1 amide bonds. The molecule has 0 fully saturated rings. The minimum atomic E-state index is -4.41. The average Bonchev–Trinajstić information content (AvgIpc) is 2.65. The Labute approximate surface area is 167 Å². The number of alkyl halides is 3. The Bertz CT molecular complexity index is 855. The molecule has 28 heavy (non-hydrogen) atoms. The van der Waals surface area contributed by atoms with Gasteiger partial charge in [0.2, 0.25) is 0 Å². The van der Waals surface area contributed by atoms with E-state index in [9.17, 15) is 18.0 Å². The highest BCUT2D eigenvalue weighted by Crippen LogP contribution is 2.37. The number of halogens is 4. The van der Waals surface area contributed by atoms with Crippen LogP contribution in [0.2, 0.25) is 0 Å². The summed E-state index contributed by atoms with van der Waals surface area (Å²) in [5.41, 5.74) is 0.0218. The number of hydrogen-bond acceptors (Lipinski definition) is 4. The van der Waals surface area contributed by atoms with Crippen LogP contribution in [0.1, 0.15) is 24.1 Å². The fourth-order valence-electron chi connectivity index (χ4n) is 2.66. The first kappa shape index (κ1) is 20.3. The third-order valence-corrected chi connectivity index (χ3v) is 4.74. The third kappa shape index (κ3) is 4.89. The molecule has 1 aliphatic rings. The zero-order valence-electron chi connectivity index (χ0n) is 14.8. The lowest BCUT2D eigenvalue weighted by molar-refractivity contribution is -0.137. The zero-order chi connectivity index (χ0) is 20.3. The van der Waals surface area contributed by atoms with E-state index in [0.717, 1.165) is 22.2 Å². The molecule has 0 saturated carbocycles. The van der Waals surface area contributed by atoms with Crippen molar-refractivity contribution in [1.29, 1.82) is 0 Å². The van der Waals surface area contributed by atoms with E-state index < -0.39 is 17.6 Å². The van der Waals surface area contributed by atoms with Crippen molar-refractivity contribution >= 4 is 21.8 Å². The maximum absolute atomic E-state index is 12.6. The second-order valence-electron chi connectivity index (χ2n) is 6.12. The number of fused-ring (bicyclic) bond motifs is 1. The first-order chi connectivity index (χ1) is 13.2. The number of carbonyl (C=O) groups is 1. The quantitative estimate of drug-likeness (QED) is 0.715. The van der Waals surface area contributed by atoms with E-state index in [0.29, 0.717) is 24.7 Å². The molecule has 0 spiro atoms. The molecule has 0 bridgehead atoms. The average molecular weight is 460 g/mol. The van der Waals surface area contributed by atoms with Crippen LogP contribution in [-0.4, -0.2) is 25.7 Å². The number of nitrogens with one attached hydrogen (secondary N) is 1. The van der Waals surface area contributed by atoms with Crippen LogP contribution in [0, 0.1) is 0 Å². The van der Waals surface area contributed by atoms with E-state index in [-0.39, 0.29) is 18.4 Å². The summed E-state index contributed by atoms with van der Waals surface area (Å²) in [7, 11) is 0. The minimum absolute atomic E-state index is 0.177. The lowest BCUT2D eigenvalue weighted by Gasteiger charge is -2.22. The predicted molar refractivity (Wildman–Crippen MR) is 98.6 cm³/mol. The molecule has 0 saturated heterocycles. The number of benzene rings is 2. The van der Waals surface area contributed by atoms with Crippen molar-refractivity contribution in [3.05, 3.63) is 52.0 Å². The van der Waals surface area contributed by atoms with Crippen LogP contribution in [0.15, 0.2) is 40.9 Å². The molecule has 3 rings (SSSR count). The van der Waals surface area contributed by atoms with Crippen molar-refractivity contribution < 1.29 is 32.2 Å². The molecular formula is C19H17BrF3NO4. The second-order valence-corrected chi connectivity index (χ2v) is 6.97. The van der Waals surface area contributed by atoms with Crippen molar-refractivity contribution in [1.82, 2.24) is 5.32 Å². The normalized spacial score (nSPS) is 14.3. The van der Waals surface area contributed by atoms with Gasteiger partial charge in [-0.2, -0.15) is 13.2 Å². The summed E-state index contributed by atoms with van der Waals surface area (Å²) in [6, 6.07) is 7.39. The van der Waals surface area contributed by atoms with Crippen molar-refractivity contribution in [2.75, 3.05) is 19.8 Å². The molecular weight excluding hydrogens is 443 g/mol. The van der Waals surface area contributed by atoms with Gasteiger partial charge in [0.25, 0.3) is 5.91 Å². The Hall–Kier alpha value is -2.42. The summed E-state index contributed by atoms with van der Waals surface area (Å²) in [4.78, 5) is 12.1. The molecule has 5 nitrogen and oxygen atoms in total. The minimum Gasteiger partial charge on any atom is -0.486 e. The molecule has 2 aromatic carbocycles. The van der Waals surface area contributed by atoms with Crippen LogP contribution in [0.4, 0.5) is 13.2 Å². The first-order valence-electron chi connectivity index (χ1n) is 8.42. The highest BCUT2D eigenvalue weighted by molar-refractivity contribution is 9.10. The van der Waals surface area contributed by atoms with Gasteiger partial charge in [0, 0.05) is 4.47 Å². The van der Waals surface area contributed by atoms with Gasteiger partial charge < -0.3 is 19.5 Å². The summed E-state index contributed by atoms with van der Waals surface area (Å²) in [6.45, 7) is 2.41. The van der Waals surface area contributed by atoms with Crippen LogP contribution in [-0.2, 0) is 11.0 Å². The molecule has 150 valence electrons. The fourth-order valence-corrected chi connectivity index (χ4v) is 3.33. The standard InChI is InChI=1S/C19H17BrF3NO4/c1-11(14-8-16-17(9-15(14)20)27-7-6-26-16)24-18(25)10-28-13-4-2-12(3-5-13)19(21,22)23/h2-5,8-9,11H,6-7,10H2,1H3,(H,24,25). The van der Waals surface area contributed by atoms with Crippen molar-refractivity contribution in [3.63, 3.8) is 0 Å². The number of ether oxygens (including phenoxy) is 3. The maximum Gasteiger partial charge on any atom is 0.416 e. The second kappa shape index (κ2) is 8.30. The van der Waals surface area contributed by atoms with E-state index in [1.165, 1.54) is 12.1 Å². The van der Waals surface area contributed by atoms with Gasteiger partial charge in [-0.1, -0.05) is 15.9 Å². The molecule has 1 heterocycles. The molecule has 9 heteroatoms. The van der Waals surface area contributed by atoms with Crippen molar-refractivity contribution in [2.45, 2.75) is 19.1 Å². The van der Waals surface area contributed by atoms with Gasteiger partial charge in [0.05, 0.1) is 11.6 Å². The third-order valence-electron chi connectivity index (χ3n) is 4.06. The lowest BCUT2D eigenvalue weighted by Crippen LogP contribution is -2.31. The van der Waals surface area contributed by atoms with Gasteiger partial charge in [0.15, 0.2) is 18.1 Å². The molecule has 0 radical (unpaired) electrons. The van der Waals surface area contributed by atoms with Gasteiger partial charge in [-0.15, -0.1) is 0 Å². The molecule has 2 aromatic rings. The molecule has 1 aliphatic heterocycles. The summed E-state index contributed by atoms with van der Waals surface area (Å²) in [5.74, 6) is 1.00. The fraction of sp³-hybridized carbons (Fsp3) is 0.316. The zero-order valence-corrected chi connectivity index (χ0v) is 16.4. The van der Waals surface area contributed by atoms with Crippen molar-refractivity contribution in [3.8, 4) is 17.2 Å². The largest absolute Gasteiger partial charge is 0.486 e. The van der Waals surface area contributed by atoms with Gasteiger partial charge in [-0.3, -0.25) is 4.79 Å². The summed E-state index contributed by atoms with van der Waals surface area (Å²) < 4.78 is 54.7. The molecule has 1 N–H and O–H groups in total. The Morgan fingerprint density at radius 2 is 1.79 bits per heavy atom. The number of carbonyl (C=O) groups excluding carboxylic acids is 1. The topological polar surface area (TPSA) is 56.8 Å². The maximum atomic E-state index is 12.6. The molecule has 1 unspecified atom stereocenters. The monoisotopic (exact) mass is 459 g/mol. The smallest absolute Gasteiger partial charge is 0.416 e. The first-order valence-corrected chi connectivity index (χ1v) is 9.22. The van der Waals surface area contributed by atoms with E-state index in [2.05, 4.69) is 21.2 Å². The Morgan fingerprint density at radius 1 is 1.18 bits per heavy atom. The number of rotatable bonds is 5. The summed E-state index contributed by atoms with van der Waals surface area (Å²) >= 11 is 3.45. The lowest BCUT2D eigenvalue weighted by atomic mass is 10.1. The van der Waals surface area contributed by atoms with Gasteiger partial charge in [-0.05, 0) is 48.9 Å². The summed E-state index contributed by atoms with van der Waals surface area (Å²) in [6.07, 6.45) is -4.41. The van der Waals surface area contributed by atoms with Gasteiger partial charge in [-0.25, -0.2) is 0 Å². The van der Waals surface area contributed by atoms with Crippen LogP contribution in [0.3, 0.4) is 0 Å². The molecule has 0 aliphatic carbocycles. The number of amides is 1. The van der Waals surface area contributed by atoms with Gasteiger partial charge in [0.1, 0.15) is 19.0 Å². The highest BCUT2D eigenvalue weighted by Gasteiger charge is 2.30. The van der Waals surface area contributed by atoms with Crippen LogP contribution < -0.4 is 19.5 Å². The van der Waals surface area contributed by atoms with E-state index >= 15 is 0 Å². The predicted octanol–water partition coefficient (Wildman–Crippen LogP) is 4.50. The Balaban J connectivity index is 1.57. The van der Waals surface area contributed by atoms with E-state index in [1.807, 2.05) is 0 Å². The Morgan fingerprint density at radius 3 is 2.39 bits per heavy atom. The molecule has 1 atom stereocenters. The number of hydrogen-bond donors (Lipinski definition) is 1. The van der Waals surface area contributed by atoms with Crippen LogP contribution in [0.25, 0.3) is 0 Å². The van der Waals surface area contributed by atoms with Crippen LogP contribution >= 0.6 is 15.9 Å².